The standard InChI is InChI=1S/C14H26N4O/c1-10-5-7-11(8-6-10)18(4)9-12-16-13(17-19-12)14(2,3)15/h10-11H,5-9,15H2,1-4H3. The van der Waals surface area contributed by atoms with Crippen molar-refractivity contribution in [1.29, 1.82) is 0 Å². The molecule has 2 rings (SSSR count). The first-order chi connectivity index (χ1) is 8.86. The lowest BCUT2D eigenvalue weighted by atomic mass is 9.87. The molecule has 5 heteroatoms. The second-order valence-corrected chi connectivity index (χ2v) is 6.56. The molecule has 2 N–H and O–H groups in total. The van der Waals surface area contributed by atoms with Gasteiger partial charge in [-0.1, -0.05) is 12.1 Å². The maximum atomic E-state index is 5.96. The van der Waals surface area contributed by atoms with Crippen LogP contribution in [0.4, 0.5) is 0 Å². The van der Waals surface area contributed by atoms with Crippen molar-refractivity contribution in [2.24, 2.45) is 11.7 Å². The molecule has 1 aliphatic carbocycles. The smallest absolute Gasteiger partial charge is 0.240 e. The van der Waals surface area contributed by atoms with E-state index in [1.807, 2.05) is 13.8 Å². The van der Waals surface area contributed by atoms with Crippen molar-refractivity contribution in [3.8, 4) is 0 Å². The SMILES string of the molecule is CC1CCC(N(C)Cc2nc(C(C)(C)N)no2)CC1. The van der Waals surface area contributed by atoms with E-state index in [-0.39, 0.29) is 0 Å². The normalized spacial score (nSPS) is 24.9. The largest absolute Gasteiger partial charge is 0.338 e. The van der Waals surface area contributed by atoms with Gasteiger partial charge in [-0.25, -0.2) is 0 Å². The molecule has 0 bridgehead atoms. The molecule has 1 saturated carbocycles. The zero-order valence-corrected chi connectivity index (χ0v) is 12.5. The van der Waals surface area contributed by atoms with Crippen LogP contribution in [0.25, 0.3) is 0 Å². The van der Waals surface area contributed by atoms with Gasteiger partial charge in [0.05, 0.1) is 12.1 Å². The number of hydrogen-bond donors (Lipinski definition) is 1. The van der Waals surface area contributed by atoms with Crippen molar-refractivity contribution in [3.05, 3.63) is 11.7 Å². The van der Waals surface area contributed by atoms with Crippen LogP contribution in [0.2, 0.25) is 0 Å². The van der Waals surface area contributed by atoms with Crippen LogP contribution >= 0.6 is 0 Å². The van der Waals surface area contributed by atoms with E-state index in [0.29, 0.717) is 24.3 Å². The first kappa shape index (κ1) is 14.5. The summed E-state index contributed by atoms with van der Waals surface area (Å²) in [5.74, 6) is 2.11. The summed E-state index contributed by atoms with van der Waals surface area (Å²) in [6.45, 7) is 6.81. The van der Waals surface area contributed by atoms with Crippen LogP contribution in [-0.4, -0.2) is 28.1 Å². The Balaban J connectivity index is 1.92. The summed E-state index contributed by atoms with van der Waals surface area (Å²) < 4.78 is 5.29. The van der Waals surface area contributed by atoms with Crippen LogP contribution in [0.3, 0.4) is 0 Å². The quantitative estimate of drug-likeness (QED) is 0.905. The summed E-state index contributed by atoms with van der Waals surface area (Å²) in [6, 6.07) is 0.637. The van der Waals surface area contributed by atoms with Crippen molar-refractivity contribution in [1.82, 2.24) is 15.0 Å². The van der Waals surface area contributed by atoms with Crippen molar-refractivity contribution < 1.29 is 4.52 Å². The fourth-order valence-corrected chi connectivity index (χ4v) is 2.61. The Hall–Kier alpha value is -0.940. The number of rotatable bonds is 4. The molecule has 0 amide bonds. The minimum Gasteiger partial charge on any atom is -0.338 e. The second-order valence-electron chi connectivity index (χ2n) is 6.56. The molecule has 1 aromatic heterocycles. The number of hydrogen-bond acceptors (Lipinski definition) is 5. The van der Waals surface area contributed by atoms with Crippen LogP contribution in [-0.2, 0) is 12.1 Å². The highest BCUT2D eigenvalue weighted by Gasteiger charge is 2.25. The zero-order valence-electron chi connectivity index (χ0n) is 12.5. The lowest BCUT2D eigenvalue weighted by molar-refractivity contribution is 0.148. The van der Waals surface area contributed by atoms with Gasteiger partial charge in [-0.05, 0) is 52.5 Å². The molecule has 1 heterocycles. The van der Waals surface area contributed by atoms with Gasteiger partial charge in [0.2, 0.25) is 5.89 Å². The van der Waals surface area contributed by atoms with Crippen LogP contribution in [0, 0.1) is 5.92 Å². The Morgan fingerprint density at radius 2 is 1.95 bits per heavy atom. The first-order valence-electron chi connectivity index (χ1n) is 7.18. The summed E-state index contributed by atoms with van der Waals surface area (Å²) in [5, 5.41) is 3.96. The third-order valence-electron chi connectivity index (χ3n) is 4.04. The van der Waals surface area contributed by atoms with Crippen LogP contribution < -0.4 is 5.73 Å². The average Bonchev–Trinajstić information content (AvgIpc) is 2.78. The molecule has 0 spiro atoms. The fourth-order valence-electron chi connectivity index (χ4n) is 2.61. The van der Waals surface area contributed by atoms with Crippen LogP contribution in [0.1, 0.15) is 58.2 Å². The van der Waals surface area contributed by atoms with E-state index in [2.05, 4.69) is 29.0 Å². The van der Waals surface area contributed by atoms with E-state index in [1.54, 1.807) is 0 Å². The Bertz CT molecular complexity index is 402. The molecule has 0 radical (unpaired) electrons. The molecule has 1 aliphatic rings. The van der Waals surface area contributed by atoms with Gasteiger partial charge >= 0.3 is 0 Å². The molecular formula is C14H26N4O. The van der Waals surface area contributed by atoms with E-state index in [1.165, 1.54) is 25.7 Å². The third kappa shape index (κ3) is 3.76. The van der Waals surface area contributed by atoms with Gasteiger partial charge in [-0.15, -0.1) is 0 Å². The molecule has 0 unspecified atom stereocenters. The molecule has 19 heavy (non-hydrogen) atoms. The van der Waals surface area contributed by atoms with Gasteiger partial charge in [0, 0.05) is 6.04 Å². The summed E-state index contributed by atoms with van der Waals surface area (Å²) in [5.41, 5.74) is 5.42. The lowest BCUT2D eigenvalue weighted by Gasteiger charge is -2.32. The lowest BCUT2D eigenvalue weighted by Crippen LogP contribution is -2.34. The molecule has 0 saturated heterocycles. The third-order valence-corrected chi connectivity index (χ3v) is 4.04. The Morgan fingerprint density at radius 1 is 1.32 bits per heavy atom. The zero-order chi connectivity index (χ0) is 14.0. The second kappa shape index (κ2) is 5.59. The summed E-state index contributed by atoms with van der Waals surface area (Å²) >= 11 is 0. The van der Waals surface area contributed by atoms with Gasteiger partial charge in [0.15, 0.2) is 5.82 Å². The number of nitrogens with two attached hydrogens (primary N) is 1. The number of nitrogens with zero attached hydrogens (tertiary/aromatic N) is 3. The van der Waals surface area contributed by atoms with E-state index in [0.717, 1.165) is 5.92 Å². The molecule has 0 aliphatic heterocycles. The maximum absolute atomic E-state index is 5.96. The minimum atomic E-state index is -0.541. The van der Waals surface area contributed by atoms with Crippen molar-refractivity contribution in [2.75, 3.05) is 7.05 Å². The Morgan fingerprint density at radius 3 is 2.47 bits per heavy atom. The van der Waals surface area contributed by atoms with E-state index in [9.17, 15) is 0 Å². The van der Waals surface area contributed by atoms with Crippen LogP contribution in [0.15, 0.2) is 4.52 Å². The van der Waals surface area contributed by atoms with Crippen molar-refractivity contribution in [3.63, 3.8) is 0 Å². The molecule has 0 aromatic carbocycles. The molecule has 5 nitrogen and oxygen atoms in total. The highest BCUT2D eigenvalue weighted by Crippen LogP contribution is 2.27. The summed E-state index contributed by atoms with van der Waals surface area (Å²) in [7, 11) is 2.14. The van der Waals surface area contributed by atoms with Crippen LogP contribution in [0.5, 0.6) is 0 Å². The average molecular weight is 266 g/mol. The van der Waals surface area contributed by atoms with Gasteiger partial charge in [-0.3, -0.25) is 4.90 Å². The maximum Gasteiger partial charge on any atom is 0.240 e. The molecule has 1 fully saturated rings. The van der Waals surface area contributed by atoms with Crippen molar-refractivity contribution >= 4 is 0 Å². The summed E-state index contributed by atoms with van der Waals surface area (Å²) in [4.78, 5) is 6.71. The Labute approximate surface area is 115 Å². The fraction of sp³-hybridized carbons (Fsp3) is 0.857. The summed E-state index contributed by atoms with van der Waals surface area (Å²) in [6.07, 6.45) is 5.17. The first-order valence-corrected chi connectivity index (χ1v) is 7.18. The van der Waals surface area contributed by atoms with Crippen molar-refractivity contribution in [2.45, 2.75) is 64.6 Å². The highest BCUT2D eigenvalue weighted by atomic mass is 16.5. The Kier molecular flexibility index (Phi) is 4.26. The molecule has 1 aromatic rings. The molecule has 108 valence electrons. The number of aromatic nitrogens is 2. The van der Waals surface area contributed by atoms with Gasteiger partial charge in [-0.2, -0.15) is 4.98 Å². The van der Waals surface area contributed by atoms with Gasteiger partial charge in [0.1, 0.15) is 0 Å². The molecular weight excluding hydrogens is 240 g/mol. The predicted molar refractivity (Wildman–Crippen MR) is 74.4 cm³/mol. The predicted octanol–water partition coefficient (Wildman–Crippen LogP) is 2.27. The highest BCUT2D eigenvalue weighted by molar-refractivity contribution is 4.99. The minimum absolute atomic E-state index is 0.541. The van der Waals surface area contributed by atoms with Gasteiger partial charge in [0.25, 0.3) is 0 Å². The van der Waals surface area contributed by atoms with E-state index < -0.39 is 5.54 Å². The molecule has 0 atom stereocenters. The van der Waals surface area contributed by atoms with E-state index in [4.69, 9.17) is 10.3 Å². The topological polar surface area (TPSA) is 68.2 Å². The monoisotopic (exact) mass is 266 g/mol. The van der Waals surface area contributed by atoms with E-state index >= 15 is 0 Å². The van der Waals surface area contributed by atoms with Gasteiger partial charge < -0.3 is 10.3 Å².